The largest absolute Gasteiger partial charge is 0.494 e. The minimum Gasteiger partial charge on any atom is -0.494 e. The molecule has 4 aromatic rings. The van der Waals surface area contributed by atoms with E-state index in [4.69, 9.17) is 4.74 Å². The zero-order valence-electron chi connectivity index (χ0n) is 23.3. The van der Waals surface area contributed by atoms with Crippen LogP contribution >= 0.6 is 11.8 Å². The van der Waals surface area contributed by atoms with Crippen LogP contribution in [0.3, 0.4) is 0 Å². The third-order valence-electron chi connectivity index (χ3n) is 6.01. The molecule has 0 radical (unpaired) electrons. The maximum Gasteiger partial charge on any atom is 0.272 e. The normalized spacial score (nSPS) is 10.9. The van der Waals surface area contributed by atoms with Crippen LogP contribution in [0, 0.1) is 0 Å². The summed E-state index contributed by atoms with van der Waals surface area (Å²) in [6, 6.07) is 32.5. The second-order valence-electron chi connectivity index (χ2n) is 9.33. The molecule has 3 N–H and O–H groups in total. The van der Waals surface area contributed by atoms with Crippen LogP contribution in [0.5, 0.6) is 5.75 Å². The number of amides is 3. The summed E-state index contributed by atoms with van der Waals surface area (Å²) in [5.41, 5.74) is 2.55. The number of carbonyl (C=O) groups is 3. The number of anilines is 2. The Hall–Kier alpha value is -4.82. The van der Waals surface area contributed by atoms with E-state index >= 15 is 0 Å². The average molecular weight is 580 g/mol. The Balaban J connectivity index is 1.36. The fraction of sp³-hybridized carbons (Fsp3) is 0.147. The number of benzene rings is 4. The van der Waals surface area contributed by atoms with Crippen LogP contribution in [0.2, 0.25) is 0 Å². The van der Waals surface area contributed by atoms with Crippen molar-refractivity contribution in [2.24, 2.45) is 0 Å². The first kappa shape index (κ1) is 30.1. The molecule has 0 saturated heterocycles. The predicted octanol–water partition coefficient (Wildman–Crippen LogP) is 7.01. The minimum absolute atomic E-state index is 0.106. The lowest BCUT2D eigenvalue weighted by Crippen LogP contribution is -2.30. The molecule has 0 saturated carbocycles. The molecule has 7 nitrogen and oxygen atoms in total. The Kier molecular flexibility index (Phi) is 11.4. The SMILES string of the molecule is CCCCOc1ccc(NC(=O)CSc2cccc(NC(=O)/C(=C/c3ccccc3)NC(=O)c3ccccc3)c2)cc1. The van der Waals surface area contributed by atoms with Gasteiger partial charge < -0.3 is 20.7 Å². The first-order valence-corrected chi connectivity index (χ1v) is 14.7. The van der Waals surface area contributed by atoms with Crippen molar-refractivity contribution in [3.63, 3.8) is 0 Å². The maximum atomic E-state index is 13.3. The van der Waals surface area contributed by atoms with Crippen LogP contribution in [-0.2, 0) is 9.59 Å². The van der Waals surface area contributed by atoms with Gasteiger partial charge in [0.05, 0.1) is 12.4 Å². The Morgan fingerprint density at radius 1 is 0.786 bits per heavy atom. The molecule has 0 unspecified atom stereocenters. The van der Waals surface area contributed by atoms with Gasteiger partial charge in [0.15, 0.2) is 0 Å². The van der Waals surface area contributed by atoms with Crippen molar-refractivity contribution in [3.05, 3.63) is 126 Å². The molecule has 0 atom stereocenters. The van der Waals surface area contributed by atoms with Crippen LogP contribution in [0.15, 0.2) is 120 Å². The predicted molar refractivity (Wildman–Crippen MR) is 170 cm³/mol. The van der Waals surface area contributed by atoms with Gasteiger partial charge >= 0.3 is 0 Å². The zero-order chi connectivity index (χ0) is 29.6. The van der Waals surface area contributed by atoms with E-state index in [2.05, 4.69) is 22.9 Å². The minimum atomic E-state index is -0.467. The van der Waals surface area contributed by atoms with Gasteiger partial charge in [0.2, 0.25) is 5.91 Å². The molecule has 214 valence electrons. The first-order chi connectivity index (χ1) is 20.5. The fourth-order valence-electron chi connectivity index (χ4n) is 3.84. The van der Waals surface area contributed by atoms with Gasteiger partial charge in [-0.25, -0.2) is 0 Å². The van der Waals surface area contributed by atoms with Crippen molar-refractivity contribution in [3.8, 4) is 5.75 Å². The quantitative estimate of drug-likeness (QED) is 0.0900. The molecule has 0 aliphatic carbocycles. The highest BCUT2D eigenvalue weighted by atomic mass is 32.2. The van der Waals surface area contributed by atoms with Gasteiger partial charge in [-0.3, -0.25) is 14.4 Å². The zero-order valence-corrected chi connectivity index (χ0v) is 24.2. The molecule has 0 aliphatic rings. The highest BCUT2D eigenvalue weighted by Crippen LogP contribution is 2.23. The number of unbranched alkanes of at least 4 members (excludes halogenated alkanes) is 1. The van der Waals surface area contributed by atoms with Crippen molar-refractivity contribution in [2.45, 2.75) is 24.7 Å². The number of hydrogen-bond acceptors (Lipinski definition) is 5. The average Bonchev–Trinajstić information content (AvgIpc) is 3.02. The number of rotatable bonds is 13. The maximum absolute atomic E-state index is 13.3. The van der Waals surface area contributed by atoms with E-state index in [-0.39, 0.29) is 23.3 Å². The van der Waals surface area contributed by atoms with Gasteiger partial charge in [-0.05, 0) is 72.7 Å². The molecule has 3 amide bonds. The van der Waals surface area contributed by atoms with Crippen LogP contribution in [-0.4, -0.2) is 30.1 Å². The molecule has 0 bridgehead atoms. The lowest BCUT2D eigenvalue weighted by atomic mass is 10.1. The summed E-state index contributed by atoms with van der Waals surface area (Å²) in [5.74, 6) is -0.0349. The van der Waals surface area contributed by atoms with E-state index in [1.165, 1.54) is 11.8 Å². The summed E-state index contributed by atoms with van der Waals surface area (Å²) in [7, 11) is 0. The molecule has 0 spiro atoms. The van der Waals surface area contributed by atoms with Gasteiger partial charge in [0, 0.05) is 21.8 Å². The van der Waals surface area contributed by atoms with Crippen molar-refractivity contribution < 1.29 is 19.1 Å². The Bertz CT molecular complexity index is 1510. The molecule has 8 heteroatoms. The third kappa shape index (κ3) is 9.67. The van der Waals surface area contributed by atoms with Gasteiger partial charge in [0.1, 0.15) is 11.4 Å². The van der Waals surface area contributed by atoms with Crippen LogP contribution in [0.25, 0.3) is 6.08 Å². The number of ether oxygens (including phenoxy) is 1. The van der Waals surface area contributed by atoms with E-state index in [9.17, 15) is 14.4 Å². The second kappa shape index (κ2) is 15.8. The van der Waals surface area contributed by atoms with Crippen molar-refractivity contribution in [2.75, 3.05) is 23.0 Å². The monoisotopic (exact) mass is 579 g/mol. The van der Waals surface area contributed by atoms with E-state index in [0.717, 1.165) is 29.1 Å². The van der Waals surface area contributed by atoms with Crippen LogP contribution in [0.4, 0.5) is 11.4 Å². The molecular weight excluding hydrogens is 546 g/mol. The third-order valence-corrected chi connectivity index (χ3v) is 7.00. The van der Waals surface area contributed by atoms with Gasteiger partial charge in [-0.2, -0.15) is 0 Å². The Morgan fingerprint density at radius 3 is 2.21 bits per heavy atom. The molecule has 4 rings (SSSR count). The van der Waals surface area contributed by atoms with Crippen molar-refractivity contribution in [1.82, 2.24) is 5.32 Å². The van der Waals surface area contributed by atoms with E-state index in [1.807, 2.05) is 66.7 Å². The summed E-state index contributed by atoms with van der Waals surface area (Å²) in [6.45, 7) is 2.78. The van der Waals surface area contributed by atoms with Gasteiger partial charge in [-0.1, -0.05) is 67.9 Å². The summed E-state index contributed by atoms with van der Waals surface area (Å²) in [6.07, 6.45) is 3.69. The summed E-state index contributed by atoms with van der Waals surface area (Å²) in [4.78, 5) is 39.5. The number of thioether (sulfide) groups is 1. The highest BCUT2D eigenvalue weighted by molar-refractivity contribution is 8.00. The van der Waals surface area contributed by atoms with Crippen LogP contribution < -0.4 is 20.7 Å². The number of hydrogen-bond donors (Lipinski definition) is 3. The molecule has 42 heavy (non-hydrogen) atoms. The lowest BCUT2D eigenvalue weighted by molar-refractivity contribution is -0.114. The van der Waals surface area contributed by atoms with E-state index < -0.39 is 5.91 Å². The number of nitrogens with one attached hydrogen (secondary N) is 3. The standard InChI is InChI=1S/C34H33N3O4S/c1-2-3-21-41-29-19-17-27(18-20-29)35-32(38)24-42-30-16-10-15-28(23-30)36-34(40)31(22-25-11-6-4-7-12-25)37-33(39)26-13-8-5-9-14-26/h4-20,22-23H,2-3,21,24H2,1H3,(H,35,38)(H,36,40)(H,37,39)/b31-22-. The van der Waals surface area contributed by atoms with E-state index in [1.54, 1.807) is 48.5 Å². The summed E-state index contributed by atoms with van der Waals surface area (Å²) < 4.78 is 5.66. The molecule has 0 aliphatic heterocycles. The highest BCUT2D eigenvalue weighted by Gasteiger charge is 2.15. The van der Waals surface area contributed by atoms with Gasteiger partial charge in [-0.15, -0.1) is 11.8 Å². The first-order valence-electron chi connectivity index (χ1n) is 13.7. The molecular formula is C34H33N3O4S. The Morgan fingerprint density at radius 2 is 1.50 bits per heavy atom. The fourth-order valence-corrected chi connectivity index (χ4v) is 4.59. The molecule has 0 heterocycles. The van der Waals surface area contributed by atoms with Crippen molar-refractivity contribution >= 4 is 46.9 Å². The smallest absolute Gasteiger partial charge is 0.272 e. The molecule has 0 fully saturated rings. The molecule has 4 aromatic carbocycles. The number of carbonyl (C=O) groups excluding carboxylic acids is 3. The summed E-state index contributed by atoms with van der Waals surface area (Å²) >= 11 is 1.35. The van der Waals surface area contributed by atoms with Crippen LogP contribution in [0.1, 0.15) is 35.7 Å². The lowest BCUT2D eigenvalue weighted by Gasteiger charge is -2.12. The Labute approximate surface area is 250 Å². The second-order valence-corrected chi connectivity index (χ2v) is 10.4. The molecule has 0 aromatic heterocycles. The van der Waals surface area contributed by atoms with E-state index in [0.29, 0.717) is 23.5 Å². The van der Waals surface area contributed by atoms with Crippen molar-refractivity contribution in [1.29, 1.82) is 0 Å². The topological polar surface area (TPSA) is 96.5 Å². The van der Waals surface area contributed by atoms with Gasteiger partial charge in [0.25, 0.3) is 11.8 Å². The summed E-state index contributed by atoms with van der Waals surface area (Å²) in [5, 5.41) is 8.49.